The van der Waals surface area contributed by atoms with Crippen LogP contribution in [-0.2, 0) is 4.74 Å². The van der Waals surface area contributed by atoms with Gasteiger partial charge in [-0.3, -0.25) is 4.79 Å². The van der Waals surface area contributed by atoms with Crippen molar-refractivity contribution in [2.24, 2.45) is 0 Å². The molecule has 1 fully saturated rings. The molecule has 1 atom stereocenters. The molecule has 1 aliphatic rings. The zero-order chi connectivity index (χ0) is 14.8. The fraction of sp³-hybridized carbons (Fsp3) is 0.562. The van der Waals surface area contributed by atoms with Crippen molar-refractivity contribution in [3.8, 4) is 0 Å². The van der Waals surface area contributed by atoms with E-state index in [-0.39, 0.29) is 11.5 Å². The normalized spacial score (nSPS) is 21.3. The highest BCUT2D eigenvalue weighted by Crippen LogP contribution is 2.27. The average Bonchev–Trinajstić information content (AvgIpc) is 2.39. The number of nitrogens with one attached hydrogen (secondary N) is 2. The van der Waals surface area contributed by atoms with E-state index in [9.17, 15) is 4.79 Å². The van der Waals surface area contributed by atoms with Gasteiger partial charge in [0.1, 0.15) is 0 Å². The molecule has 1 saturated heterocycles. The van der Waals surface area contributed by atoms with E-state index in [0.29, 0.717) is 11.6 Å². The summed E-state index contributed by atoms with van der Waals surface area (Å²) in [6, 6.07) is 6.15. The SMILES string of the molecule is CNC(=O)c1ccc(C)c(NC2CCOC(C)(C)C2)c1. The molecule has 1 heterocycles. The molecule has 1 unspecified atom stereocenters. The summed E-state index contributed by atoms with van der Waals surface area (Å²) >= 11 is 0. The monoisotopic (exact) mass is 276 g/mol. The number of anilines is 1. The minimum absolute atomic E-state index is 0.0552. The molecule has 4 nitrogen and oxygen atoms in total. The van der Waals surface area contributed by atoms with E-state index in [2.05, 4.69) is 31.4 Å². The van der Waals surface area contributed by atoms with Gasteiger partial charge in [0.25, 0.3) is 5.91 Å². The Morgan fingerprint density at radius 2 is 2.15 bits per heavy atom. The number of carbonyl (C=O) groups excluding carboxylic acids is 1. The van der Waals surface area contributed by atoms with Crippen LogP contribution in [0.5, 0.6) is 0 Å². The molecule has 4 heteroatoms. The Morgan fingerprint density at radius 1 is 1.40 bits per heavy atom. The van der Waals surface area contributed by atoms with E-state index in [1.165, 1.54) is 0 Å². The van der Waals surface area contributed by atoms with Crippen LogP contribution in [0.2, 0.25) is 0 Å². The lowest BCUT2D eigenvalue weighted by molar-refractivity contribution is -0.0553. The van der Waals surface area contributed by atoms with Crippen molar-refractivity contribution in [2.45, 2.75) is 45.3 Å². The molecule has 1 amide bonds. The molecular formula is C16H24N2O2. The highest BCUT2D eigenvalue weighted by molar-refractivity contribution is 5.95. The van der Waals surface area contributed by atoms with Crippen molar-refractivity contribution >= 4 is 11.6 Å². The van der Waals surface area contributed by atoms with Gasteiger partial charge in [-0.15, -0.1) is 0 Å². The van der Waals surface area contributed by atoms with Crippen molar-refractivity contribution in [1.82, 2.24) is 5.32 Å². The van der Waals surface area contributed by atoms with E-state index >= 15 is 0 Å². The molecule has 0 radical (unpaired) electrons. The topological polar surface area (TPSA) is 50.4 Å². The van der Waals surface area contributed by atoms with Gasteiger partial charge in [0.15, 0.2) is 0 Å². The van der Waals surface area contributed by atoms with Crippen LogP contribution in [0, 0.1) is 6.92 Å². The molecule has 110 valence electrons. The van der Waals surface area contributed by atoms with Gasteiger partial charge >= 0.3 is 0 Å². The molecule has 1 aromatic carbocycles. The highest BCUT2D eigenvalue weighted by atomic mass is 16.5. The Hall–Kier alpha value is -1.55. The standard InChI is InChI=1S/C16H24N2O2/c1-11-5-6-12(15(19)17-4)9-14(11)18-13-7-8-20-16(2,3)10-13/h5-6,9,13,18H,7-8,10H2,1-4H3,(H,17,19). The number of carbonyl (C=O) groups is 1. The second-order valence-electron chi connectivity index (χ2n) is 6.05. The third-order valence-electron chi connectivity index (χ3n) is 3.78. The smallest absolute Gasteiger partial charge is 0.251 e. The lowest BCUT2D eigenvalue weighted by atomic mass is 9.93. The van der Waals surface area contributed by atoms with Crippen LogP contribution in [0.15, 0.2) is 18.2 Å². The van der Waals surface area contributed by atoms with Crippen molar-refractivity contribution in [3.05, 3.63) is 29.3 Å². The van der Waals surface area contributed by atoms with Crippen LogP contribution < -0.4 is 10.6 Å². The largest absolute Gasteiger partial charge is 0.382 e. The average molecular weight is 276 g/mol. The number of hydrogen-bond donors (Lipinski definition) is 2. The van der Waals surface area contributed by atoms with Gasteiger partial charge in [-0.2, -0.15) is 0 Å². The number of benzene rings is 1. The summed E-state index contributed by atoms with van der Waals surface area (Å²) < 4.78 is 5.74. The summed E-state index contributed by atoms with van der Waals surface area (Å²) in [6.45, 7) is 7.07. The van der Waals surface area contributed by atoms with E-state index in [4.69, 9.17) is 4.74 Å². The lowest BCUT2D eigenvalue weighted by Crippen LogP contribution is -2.40. The summed E-state index contributed by atoms with van der Waals surface area (Å²) in [5.41, 5.74) is 2.80. The van der Waals surface area contributed by atoms with E-state index in [1.54, 1.807) is 7.05 Å². The zero-order valence-corrected chi connectivity index (χ0v) is 12.7. The second kappa shape index (κ2) is 5.83. The van der Waals surface area contributed by atoms with Crippen LogP contribution in [0.1, 0.15) is 42.6 Å². The number of ether oxygens (including phenoxy) is 1. The summed E-state index contributed by atoms with van der Waals surface area (Å²) in [5.74, 6) is -0.0552. The maximum absolute atomic E-state index is 11.7. The van der Waals surface area contributed by atoms with Gasteiger partial charge in [-0.1, -0.05) is 6.07 Å². The van der Waals surface area contributed by atoms with Crippen LogP contribution >= 0.6 is 0 Å². The molecule has 0 aromatic heterocycles. The van der Waals surface area contributed by atoms with Gasteiger partial charge in [-0.25, -0.2) is 0 Å². The molecular weight excluding hydrogens is 252 g/mol. The molecule has 0 bridgehead atoms. The van der Waals surface area contributed by atoms with Gasteiger partial charge < -0.3 is 15.4 Å². The Morgan fingerprint density at radius 3 is 2.80 bits per heavy atom. The summed E-state index contributed by atoms with van der Waals surface area (Å²) in [4.78, 5) is 11.7. The Labute approximate surface area is 120 Å². The Balaban J connectivity index is 2.14. The predicted molar refractivity (Wildman–Crippen MR) is 81.2 cm³/mol. The number of hydrogen-bond acceptors (Lipinski definition) is 3. The fourth-order valence-electron chi connectivity index (χ4n) is 2.64. The molecule has 0 spiro atoms. The van der Waals surface area contributed by atoms with Crippen LogP contribution in [0.4, 0.5) is 5.69 Å². The van der Waals surface area contributed by atoms with Crippen molar-refractivity contribution < 1.29 is 9.53 Å². The maximum Gasteiger partial charge on any atom is 0.251 e. The molecule has 2 N–H and O–H groups in total. The van der Waals surface area contributed by atoms with E-state index in [0.717, 1.165) is 30.7 Å². The first-order valence-corrected chi connectivity index (χ1v) is 7.14. The molecule has 20 heavy (non-hydrogen) atoms. The summed E-state index contributed by atoms with van der Waals surface area (Å²) in [5, 5.41) is 6.22. The van der Waals surface area contributed by atoms with Crippen molar-refractivity contribution in [3.63, 3.8) is 0 Å². The third kappa shape index (κ3) is 3.51. The molecule has 2 rings (SSSR count). The molecule has 0 saturated carbocycles. The number of aryl methyl sites for hydroxylation is 1. The Kier molecular flexibility index (Phi) is 4.33. The van der Waals surface area contributed by atoms with Gasteiger partial charge in [-0.05, 0) is 51.3 Å². The molecule has 0 aliphatic carbocycles. The lowest BCUT2D eigenvalue weighted by Gasteiger charge is -2.36. The quantitative estimate of drug-likeness (QED) is 0.892. The van der Waals surface area contributed by atoms with Crippen molar-refractivity contribution in [2.75, 3.05) is 19.0 Å². The fourth-order valence-corrected chi connectivity index (χ4v) is 2.64. The predicted octanol–water partition coefficient (Wildman–Crippen LogP) is 2.72. The Bertz CT molecular complexity index is 497. The van der Waals surface area contributed by atoms with Gasteiger partial charge in [0.05, 0.1) is 5.60 Å². The van der Waals surface area contributed by atoms with Gasteiger partial charge in [0.2, 0.25) is 0 Å². The summed E-state index contributed by atoms with van der Waals surface area (Å²) in [6.07, 6.45) is 1.96. The van der Waals surface area contributed by atoms with E-state index in [1.807, 2.05) is 18.2 Å². The van der Waals surface area contributed by atoms with Crippen LogP contribution in [0.3, 0.4) is 0 Å². The minimum Gasteiger partial charge on any atom is -0.382 e. The molecule has 1 aliphatic heterocycles. The third-order valence-corrected chi connectivity index (χ3v) is 3.78. The first-order valence-electron chi connectivity index (χ1n) is 7.14. The van der Waals surface area contributed by atoms with Crippen LogP contribution in [-0.4, -0.2) is 31.2 Å². The van der Waals surface area contributed by atoms with Crippen LogP contribution in [0.25, 0.3) is 0 Å². The zero-order valence-electron chi connectivity index (χ0n) is 12.7. The van der Waals surface area contributed by atoms with E-state index < -0.39 is 0 Å². The second-order valence-corrected chi connectivity index (χ2v) is 6.05. The number of amides is 1. The number of rotatable bonds is 3. The summed E-state index contributed by atoms with van der Waals surface area (Å²) in [7, 11) is 1.65. The first-order chi connectivity index (χ1) is 9.41. The minimum atomic E-state index is -0.0811. The highest BCUT2D eigenvalue weighted by Gasteiger charge is 2.28. The van der Waals surface area contributed by atoms with Gasteiger partial charge in [0, 0.05) is 30.9 Å². The first kappa shape index (κ1) is 14.9. The molecule has 1 aromatic rings. The maximum atomic E-state index is 11.7. The van der Waals surface area contributed by atoms with Crippen molar-refractivity contribution in [1.29, 1.82) is 0 Å².